The quantitative estimate of drug-likeness (QED) is 0.673. The largest absolute Gasteiger partial charge is 0.480 e. The summed E-state index contributed by atoms with van der Waals surface area (Å²) in [5, 5.41) is 11.6. The first kappa shape index (κ1) is 20.4. The first-order valence-corrected chi connectivity index (χ1v) is 9.81. The van der Waals surface area contributed by atoms with Crippen LogP contribution in [0.15, 0.2) is 53.4 Å². The van der Waals surface area contributed by atoms with Gasteiger partial charge in [0.2, 0.25) is 0 Å². The Bertz CT molecular complexity index is 954. The molecule has 1 atom stereocenters. The molecule has 7 nitrogen and oxygen atoms in total. The molecule has 27 heavy (non-hydrogen) atoms. The van der Waals surface area contributed by atoms with E-state index in [0.29, 0.717) is 5.69 Å². The number of carboxylic acid groups (broad SMARTS) is 1. The lowest BCUT2D eigenvalue weighted by Crippen LogP contribution is -2.44. The Labute approximate surface area is 158 Å². The molecule has 0 radical (unpaired) electrons. The average Bonchev–Trinajstić information content (AvgIpc) is 2.58. The molecule has 0 heterocycles. The maximum Gasteiger partial charge on any atom is 0.326 e. The van der Waals surface area contributed by atoms with Gasteiger partial charge in [0.05, 0.1) is 4.90 Å². The van der Waals surface area contributed by atoms with Crippen LogP contribution in [0.5, 0.6) is 0 Å². The van der Waals surface area contributed by atoms with Crippen molar-refractivity contribution >= 4 is 27.6 Å². The smallest absolute Gasteiger partial charge is 0.326 e. The second-order valence-electron chi connectivity index (χ2n) is 6.54. The Hall–Kier alpha value is -2.87. The number of aryl methyl sites for hydroxylation is 1. The Morgan fingerprint density at radius 1 is 1.04 bits per heavy atom. The van der Waals surface area contributed by atoms with Crippen LogP contribution in [0.2, 0.25) is 0 Å². The van der Waals surface area contributed by atoms with Gasteiger partial charge in [-0.25, -0.2) is 13.2 Å². The van der Waals surface area contributed by atoms with Gasteiger partial charge < -0.3 is 10.4 Å². The van der Waals surface area contributed by atoms with E-state index in [2.05, 4.69) is 10.0 Å². The highest BCUT2D eigenvalue weighted by atomic mass is 32.2. The van der Waals surface area contributed by atoms with Crippen LogP contribution in [-0.4, -0.2) is 31.4 Å². The molecule has 0 saturated carbocycles. The molecular formula is C19H22N2O5S. The minimum atomic E-state index is -3.89. The molecule has 0 aromatic heterocycles. The minimum Gasteiger partial charge on any atom is -0.480 e. The first-order valence-electron chi connectivity index (χ1n) is 8.33. The van der Waals surface area contributed by atoms with Gasteiger partial charge in [0.1, 0.15) is 6.04 Å². The van der Waals surface area contributed by atoms with E-state index in [4.69, 9.17) is 0 Å². The van der Waals surface area contributed by atoms with Crippen molar-refractivity contribution in [3.63, 3.8) is 0 Å². The molecule has 144 valence electrons. The SMILES string of the molecule is Cc1cccc(NS(=O)(=O)c2cccc(C(=O)NC(C(=O)O)C(C)C)c2)c1. The van der Waals surface area contributed by atoms with Gasteiger partial charge in [-0.05, 0) is 48.7 Å². The molecule has 8 heteroatoms. The van der Waals surface area contributed by atoms with Gasteiger partial charge in [0.15, 0.2) is 0 Å². The highest BCUT2D eigenvalue weighted by Crippen LogP contribution is 2.18. The second-order valence-corrected chi connectivity index (χ2v) is 8.22. The molecule has 3 N–H and O–H groups in total. The van der Waals surface area contributed by atoms with Crippen molar-refractivity contribution in [2.75, 3.05) is 4.72 Å². The summed E-state index contributed by atoms with van der Waals surface area (Å²) in [6.45, 7) is 5.19. The monoisotopic (exact) mass is 390 g/mol. The van der Waals surface area contributed by atoms with Gasteiger partial charge in [-0.3, -0.25) is 9.52 Å². The van der Waals surface area contributed by atoms with E-state index in [9.17, 15) is 23.1 Å². The summed E-state index contributed by atoms with van der Waals surface area (Å²) in [5.74, 6) is -2.12. The van der Waals surface area contributed by atoms with Crippen LogP contribution in [0.1, 0.15) is 29.8 Å². The van der Waals surface area contributed by atoms with Gasteiger partial charge >= 0.3 is 5.97 Å². The van der Waals surface area contributed by atoms with Crippen molar-refractivity contribution in [1.29, 1.82) is 0 Å². The highest BCUT2D eigenvalue weighted by molar-refractivity contribution is 7.92. The number of carboxylic acids is 1. The number of aliphatic carboxylic acids is 1. The van der Waals surface area contributed by atoms with E-state index in [1.165, 1.54) is 24.3 Å². The Morgan fingerprint density at radius 2 is 1.70 bits per heavy atom. The Kier molecular flexibility index (Phi) is 6.22. The van der Waals surface area contributed by atoms with E-state index in [1.54, 1.807) is 32.0 Å². The van der Waals surface area contributed by atoms with Crippen molar-refractivity contribution in [3.05, 3.63) is 59.7 Å². The molecule has 0 aliphatic heterocycles. The van der Waals surface area contributed by atoms with Gasteiger partial charge in [0, 0.05) is 11.3 Å². The number of amides is 1. The number of rotatable bonds is 7. The van der Waals surface area contributed by atoms with Crippen molar-refractivity contribution < 1.29 is 23.1 Å². The molecule has 0 bridgehead atoms. The van der Waals surface area contributed by atoms with Crippen LogP contribution in [-0.2, 0) is 14.8 Å². The summed E-state index contributed by atoms with van der Waals surface area (Å²) < 4.78 is 27.6. The molecule has 0 fully saturated rings. The van der Waals surface area contributed by atoms with Crippen LogP contribution >= 0.6 is 0 Å². The van der Waals surface area contributed by atoms with Gasteiger partial charge in [-0.15, -0.1) is 0 Å². The number of hydrogen-bond donors (Lipinski definition) is 3. The normalized spacial score (nSPS) is 12.4. The zero-order chi connectivity index (χ0) is 20.2. The maximum absolute atomic E-state index is 12.6. The third-order valence-corrected chi connectivity index (χ3v) is 5.28. The molecule has 0 aliphatic carbocycles. The molecule has 2 rings (SSSR count). The Balaban J connectivity index is 2.25. The molecule has 0 saturated heterocycles. The van der Waals surface area contributed by atoms with Crippen LogP contribution in [0.25, 0.3) is 0 Å². The predicted octanol–water partition coefficient (Wildman–Crippen LogP) is 2.63. The molecule has 2 aromatic rings. The third kappa shape index (κ3) is 5.30. The zero-order valence-electron chi connectivity index (χ0n) is 15.3. The summed E-state index contributed by atoms with van der Waals surface area (Å²) in [4.78, 5) is 23.5. The molecule has 1 unspecified atom stereocenters. The van der Waals surface area contributed by atoms with Gasteiger partial charge in [-0.2, -0.15) is 0 Å². The first-order chi connectivity index (χ1) is 12.6. The Morgan fingerprint density at radius 3 is 2.30 bits per heavy atom. The minimum absolute atomic E-state index is 0.0639. The number of hydrogen-bond acceptors (Lipinski definition) is 4. The van der Waals surface area contributed by atoms with E-state index in [0.717, 1.165) is 5.56 Å². The van der Waals surface area contributed by atoms with Crippen LogP contribution in [0, 0.1) is 12.8 Å². The lowest BCUT2D eigenvalue weighted by Gasteiger charge is -2.18. The predicted molar refractivity (Wildman–Crippen MR) is 102 cm³/mol. The van der Waals surface area contributed by atoms with Crippen LogP contribution < -0.4 is 10.0 Å². The lowest BCUT2D eigenvalue weighted by molar-refractivity contribution is -0.140. The van der Waals surface area contributed by atoms with Gasteiger partial charge in [0.25, 0.3) is 15.9 Å². The number of carbonyl (C=O) groups is 2. The van der Waals surface area contributed by atoms with Crippen molar-refractivity contribution in [1.82, 2.24) is 5.32 Å². The molecule has 1 amide bonds. The van der Waals surface area contributed by atoms with E-state index >= 15 is 0 Å². The number of benzene rings is 2. The fourth-order valence-electron chi connectivity index (χ4n) is 2.47. The number of carbonyl (C=O) groups excluding carboxylic acids is 1. The van der Waals surface area contributed by atoms with Crippen LogP contribution in [0.3, 0.4) is 0 Å². The van der Waals surface area contributed by atoms with E-state index in [-0.39, 0.29) is 16.4 Å². The van der Waals surface area contributed by atoms with E-state index in [1.807, 2.05) is 13.0 Å². The molecule has 2 aromatic carbocycles. The number of anilines is 1. The fraction of sp³-hybridized carbons (Fsp3) is 0.263. The molecule has 0 spiro atoms. The highest BCUT2D eigenvalue weighted by Gasteiger charge is 2.24. The zero-order valence-corrected chi connectivity index (χ0v) is 16.1. The van der Waals surface area contributed by atoms with Crippen LogP contribution in [0.4, 0.5) is 5.69 Å². The lowest BCUT2D eigenvalue weighted by atomic mass is 10.0. The summed E-state index contributed by atoms with van der Waals surface area (Å²) >= 11 is 0. The third-order valence-electron chi connectivity index (χ3n) is 3.90. The van der Waals surface area contributed by atoms with Crippen molar-refractivity contribution in [2.45, 2.75) is 31.7 Å². The van der Waals surface area contributed by atoms with E-state index < -0.39 is 27.9 Å². The summed E-state index contributed by atoms with van der Waals surface area (Å²) in [6, 6.07) is 11.3. The number of nitrogens with one attached hydrogen (secondary N) is 2. The summed E-state index contributed by atoms with van der Waals surface area (Å²) in [6.07, 6.45) is 0. The topological polar surface area (TPSA) is 113 Å². The average molecular weight is 390 g/mol. The van der Waals surface area contributed by atoms with Crippen molar-refractivity contribution in [2.24, 2.45) is 5.92 Å². The summed E-state index contributed by atoms with van der Waals surface area (Å²) in [7, 11) is -3.89. The fourth-order valence-corrected chi connectivity index (χ4v) is 3.56. The number of sulfonamides is 1. The van der Waals surface area contributed by atoms with Crippen molar-refractivity contribution in [3.8, 4) is 0 Å². The van der Waals surface area contributed by atoms with Gasteiger partial charge in [-0.1, -0.05) is 32.0 Å². The standard InChI is InChI=1S/C19H22N2O5S/c1-12(2)17(19(23)24)20-18(22)14-7-5-9-16(11-14)27(25,26)21-15-8-4-6-13(3)10-15/h4-12,17,21H,1-3H3,(H,20,22)(H,23,24). The molecule has 0 aliphatic rings. The molecular weight excluding hydrogens is 368 g/mol. The second kappa shape index (κ2) is 8.22. The summed E-state index contributed by atoms with van der Waals surface area (Å²) in [5.41, 5.74) is 1.38. The maximum atomic E-state index is 12.6.